The fraction of sp³-hybridized carbons (Fsp3) is 0.727. The van der Waals surface area contributed by atoms with Gasteiger partial charge in [0.2, 0.25) is 0 Å². The molecule has 1 atom stereocenters. The predicted molar refractivity (Wildman–Crippen MR) is 59.6 cm³/mol. The van der Waals surface area contributed by atoms with Gasteiger partial charge in [-0.15, -0.1) is 0 Å². The van der Waals surface area contributed by atoms with Crippen LogP contribution >= 0.6 is 0 Å². The molecule has 0 aromatic carbocycles. The third-order valence-electron chi connectivity index (χ3n) is 2.47. The maximum atomic E-state index is 12.3. The van der Waals surface area contributed by atoms with Crippen LogP contribution in [-0.2, 0) is 12.7 Å². The molecule has 1 unspecified atom stereocenters. The third kappa shape index (κ3) is 4.77. The van der Waals surface area contributed by atoms with Crippen molar-refractivity contribution in [3.05, 3.63) is 18.0 Å². The molecule has 0 amide bonds. The number of halogens is 3. The molecule has 0 saturated heterocycles. The standard InChI is InChI=1S/C11H18F3N3/c1-3-6-15-9(2)4-7-17-8-5-10(16-17)11(12,13)14/h5,8-9,15H,3-4,6-7H2,1-2H3. The smallest absolute Gasteiger partial charge is 0.314 e. The number of aryl methyl sites for hydroxylation is 1. The van der Waals surface area contributed by atoms with Gasteiger partial charge in [-0.2, -0.15) is 18.3 Å². The molecular weight excluding hydrogens is 231 g/mol. The second-order valence-electron chi connectivity index (χ2n) is 4.11. The van der Waals surface area contributed by atoms with Crippen LogP contribution in [0.15, 0.2) is 12.3 Å². The van der Waals surface area contributed by atoms with Crippen LogP contribution in [0.2, 0.25) is 0 Å². The average Bonchev–Trinajstić information content (AvgIpc) is 2.71. The maximum absolute atomic E-state index is 12.3. The van der Waals surface area contributed by atoms with E-state index in [4.69, 9.17) is 0 Å². The van der Waals surface area contributed by atoms with Gasteiger partial charge in [-0.05, 0) is 32.4 Å². The lowest BCUT2D eigenvalue weighted by Gasteiger charge is -2.12. The van der Waals surface area contributed by atoms with Gasteiger partial charge in [0.1, 0.15) is 0 Å². The van der Waals surface area contributed by atoms with Crippen LogP contribution in [0.25, 0.3) is 0 Å². The number of hydrogen-bond donors (Lipinski definition) is 1. The van der Waals surface area contributed by atoms with Gasteiger partial charge in [-0.1, -0.05) is 6.92 Å². The van der Waals surface area contributed by atoms with E-state index >= 15 is 0 Å². The highest BCUT2D eigenvalue weighted by Crippen LogP contribution is 2.27. The van der Waals surface area contributed by atoms with Crippen LogP contribution in [0.4, 0.5) is 13.2 Å². The highest BCUT2D eigenvalue weighted by atomic mass is 19.4. The molecule has 98 valence electrons. The Bertz CT molecular complexity index is 333. The number of rotatable bonds is 6. The summed E-state index contributed by atoms with van der Waals surface area (Å²) in [5, 5.41) is 6.77. The van der Waals surface area contributed by atoms with Crippen molar-refractivity contribution >= 4 is 0 Å². The zero-order valence-electron chi connectivity index (χ0n) is 10.1. The Morgan fingerprint density at radius 3 is 2.71 bits per heavy atom. The molecule has 0 spiro atoms. The van der Waals surface area contributed by atoms with E-state index in [1.165, 1.54) is 10.9 Å². The molecule has 1 aromatic rings. The lowest BCUT2D eigenvalue weighted by Crippen LogP contribution is -2.28. The lowest BCUT2D eigenvalue weighted by atomic mass is 10.2. The monoisotopic (exact) mass is 249 g/mol. The minimum absolute atomic E-state index is 0.286. The van der Waals surface area contributed by atoms with Gasteiger partial charge < -0.3 is 5.32 Å². The molecule has 1 heterocycles. The van der Waals surface area contributed by atoms with E-state index in [1.54, 1.807) is 0 Å². The van der Waals surface area contributed by atoms with E-state index in [9.17, 15) is 13.2 Å². The molecule has 1 aromatic heterocycles. The molecule has 0 saturated carbocycles. The summed E-state index contributed by atoms with van der Waals surface area (Å²) < 4.78 is 38.2. The van der Waals surface area contributed by atoms with Crippen molar-refractivity contribution in [2.75, 3.05) is 6.54 Å². The summed E-state index contributed by atoms with van der Waals surface area (Å²) in [7, 11) is 0. The normalized spacial score (nSPS) is 13.9. The molecule has 6 heteroatoms. The van der Waals surface area contributed by atoms with E-state index < -0.39 is 11.9 Å². The van der Waals surface area contributed by atoms with Crippen molar-refractivity contribution in [1.82, 2.24) is 15.1 Å². The molecule has 0 aliphatic rings. The largest absolute Gasteiger partial charge is 0.435 e. The summed E-state index contributed by atoms with van der Waals surface area (Å²) in [6, 6.07) is 1.29. The molecule has 3 nitrogen and oxygen atoms in total. The fourth-order valence-corrected chi connectivity index (χ4v) is 1.46. The van der Waals surface area contributed by atoms with E-state index in [2.05, 4.69) is 17.3 Å². The van der Waals surface area contributed by atoms with Gasteiger partial charge in [0, 0.05) is 18.8 Å². The van der Waals surface area contributed by atoms with E-state index in [0.29, 0.717) is 6.54 Å². The summed E-state index contributed by atoms with van der Waals surface area (Å²) >= 11 is 0. The molecule has 0 fully saturated rings. The fourth-order valence-electron chi connectivity index (χ4n) is 1.46. The van der Waals surface area contributed by atoms with Gasteiger partial charge >= 0.3 is 6.18 Å². The maximum Gasteiger partial charge on any atom is 0.435 e. The first-order valence-electron chi connectivity index (χ1n) is 5.77. The Morgan fingerprint density at radius 2 is 2.18 bits per heavy atom. The second kappa shape index (κ2) is 6.05. The number of aromatic nitrogens is 2. The van der Waals surface area contributed by atoms with Gasteiger partial charge in [0.15, 0.2) is 5.69 Å². The highest BCUT2D eigenvalue weighted by Gasteiger charge is 2.33. The molecule has 0 radical (unpaired) electrons. The van der Waals surface area contributed by atoms with E-state index in [1.807, 2.05) is 6.92 Å². The number of alkyl halides is 3. The molecule has 0 aliphatic carbocycles. The van der Waals surface area contributed by atoms with Crippen LogP contribution in [-0.4, -0.2) is 22.4 Å². The van der Waals surface area contributed by atoms with Crippen LogP contribution in [0, 0.1) is 0 Å². The Kier molecular flexibility index (Phi) is 4.99. The molecule has 0 aliphatic heterocycles. The van der Waals surface area contributed by atoms with Crippen molar-refractivity contribution in [3.63, 3.8) is 0 Å². The summed E-state index contributed by atoms with van der Waals surface area (Å²) in [5.74, 6) is 0. The van der Waals surface area contributed by atoms with Crippen molar-refractivity contribution < 1.29 is 13.2 Å². The Labute approximate surface area is 99.0 Å². The number of nitrogens with one attached hydrogen (secondary N) is 1. The van der Waals surface area contributed by atoms with Crippen molar-refractivity contribution in [2.45, 2.75) is 45.5 Å². The second-order valence-corrected chi connectivity index (χ2v) is 4.11. The summed E-state index contributed by atoms with van der Waals surface area (Å²) in [5.41, 5.74) is -0.827. The zero-order chi connectivity index (χ0) is 12.9. The van der Waals surface area contributed by atoms with Crippen molar-refractivity contribution in [3.8, 4) is 0 Å². The first kappa shape index (κ1) is 14.0. The Morgan fingerprint density at radius 1 is 1.47 bits per heavy atom. The quantitative estimate of drug-likeness (QED) is 0.840. The topological polar surface area (TPSA) is 29.9 Å². The predicted octanol–water partition coefficient (Wildman–Crippen LogP) is 2.68. The lowest BCUT2D eigenvalue weighted by molar-refractivity contribution is -0.141. The molecule has 0 bridgehead atoms. The first-order chi connectivity index (χ1) is 7.93. The van der Waals surface area contributed by atoms with Crippen molar-refractivity contribution in [2.24, 2.45) is 0 Å². The Balaban J connectivity index is 2.40. The third-order valence-corrected chi connectivity index (χ3v) is 2.47. The molecule has 1 rings (SSSR count). The SMILES string of the molecule is CCCNC(C)CCn1ccc(C(F)(F)F)n1. The van der Waals surface area contributed by atoms with Gasteiger partial charge in [-0.3, -0.25) is 4.68 Å². The minimum Gasteiger partial charge on any atom is -0.314 e. The van der Waals surface area contributed by atoms with Crippen LogP contribution in [0.5, 0.6) is 0 Å². The molecular formula is C11H18F3N3. The van der Waals surface area contributed by atoms with Crippen LogP contribution < -0.4 is 5.32 Å². The number of hydrogen-bond acceptors (Lipinski definition) is 2. The highest BCUT2D eigenvalue weighted by molar-refractivity contribution is 5.03. The molecule has 1 N–H and O–H groups in total. The zero-order valence-corrected chi connectivity index (χ0v) is 10.1. The van der Waals surface area contributed by atoms with Crippen molar-refractivity contribution in [1.29, 1.82) is 0 Å². The minimum atomic E-state index is -4.35. The number of nitrogens with zero attached hydrogens (tertiary/aromatic N) is 2. The summed E-state index contributed by atoms with van der Waals surface area (Å²) in [4.78, 5) is 0. The van der Waals surface area contributed by atoms with Gasteiger partial charge in [0.05, 0.1) is 0 Å². The van der Waals surface area contributed by atoms with E-state index in [-0.39, 0.29) is 6.04 Å². The first-order valence-corrected chi connectivity index (χ1v) is 5.77. The average molecular weight is 249 g/mol. The Hall–Kier alpha value is -1.04. The van der Waals surface area contributed by atoms with Crippen LogP contribution in [0.1, 0.15) is 32.4 Å². The van der Waals surface area contributed by atoms with Gasteiger partial charge in [0.25, 0.3) is 0 Å². The van der Waals surface area contributed by atoms with Gasteiger partial charge in [-0.25, -0.2) is 0 Å². The molecule has 17 heavy (non-hydrogen) atoms. The van der Waals surface area contributed by atoms with Crippen LogP contribution in [0.3, 0.4) is 0 Å². The summed E-state index contributed by atoms with van der Waals surface area (Å²) in [6.07, 6.45) is -1.17. The van der Waals surface area contributed by atoms with E-state index in [0.717, 1.165) is 25.5 Å². The summed E-state index contributed by atoms with van der Waals surface area (Å²) in [6.45, 7) is 5.51.